The molecule has 0 heterocycles. The molecule has 24 aromatic rings. The van der Waals surface area contributed by atoms with Gasteiger partial charge in [0, 0.05) is 51.2 Å². The third-order valence-electron chi connectivity index (χ3n) is 27.3. The van der Waals surface area contributed by atoms with E-state index in [1.54, 1.807) is 0 Å². The van der Waals surface area contributed by atoms with E-state index in [1.165, 1.54) is 167 Å². The molecule has 0 unspecified atom stereocenters. The molecule has 0 aromatic heterocycles. The normalized spacial score (nSPS) is 10.9. The Bertz CT molecular complexity index is 7920. The Kier molecular flexibility index (Phi) is 28.2. The van der Waals surface area contributed by atoms with Crippen LogP contribution < -0.4 is 14.7 Å². The van der Waals surface area contributed by atoms with E-state index in [4.69, 9.17) is 0 Å². The molecular formula is C144H105N3. The second-order valence-corrected chi connectivity index (χ2v) is 36.5. The van der Waals surface area contributed by atoms with Crippen LogP contribution >= 0.6 is 0 Å². The number of anilines is 9. The number of hydrogen-bond donors (Lipinski definition) is 0. The highest BCUT2D eigenvalue weighted by Crippen LogP contribution is 2.50. The lowest BCUT2D eigenvalue weighted by atomic mass is 9.91. The molecule has 696 valence electrons. The van der Waals surface area contributed by atoms with Gasteiger partial charge in [0.15, 0.2) is 0 Å². The van der Waals surface area contributed by atoms with Gasteiger partial charge in [-0.2, -0.15) is 0 Å². The number of rotatable bonds is 24. The third kappa shape index (κ3) is 21.2. The van der Waals surface area contributed by atoms with Gasteiger partial charge in [-0.25, -0.2) is 0 Å². The molecule has 0 N–H and O–H groups in total. The summed E-state index contributed by atoms with van der Waals surface area (Å²) in [6, 6.07) is 228. The van der Waals surface area contributed by atoms with Crippen LogP contribution in [0.15, 0.2) is 637 Å². The summed E-state index contributed by atoms with van der Waals surface area (Å²) in [5.41, 5.74) is 45.7. The molecule has 3 heteroatoms. The fourth-order valence-electron chi connectivity index (χ4n) is 20.0. The van der Waals surface area contributed by atoms with E-state index in [9.17, 15) is 0 Å². The lowest BCUT2D eigenvalue weighted by Gasteiger charge is -2.29. The van der Waals surface area contributed by atoms with Gasteiger partial charge in [0.25, 0.3) is 0 Å². The number of benzene rings is 24. The van der Waals surface area contributed by atoms with Crippen LogP contribution in [0.1, 0.15) is 0 Å². The molecule has 0 radical (unpaired) electrons. The zero-order valence-electron chi connectivity index (χ0n) is 81.5. The van der Waals surface area contributed by atoms with Crippen molar-refractivity contribution in [1.29, 1.82) is 0 Å². The van der Waals surface area contributed by atoms with Crippen molar-refractivity contribution in [3.05, 3.63) is 637 Å². The van der Waals surface area contributed by atoms with Crippen molar-refractivity contribution in [2.24, 2.45) is 0 Å². The summed E-state index contributed by atoms with van der Waals surface area (Å²) < 4.78 is 0. The van der Waals surface area contributed by atoms with E-state index in [0.717, 1.165) is 51.2 Å². The van der Waals surface area contributed by atoms with Gasteiger partial charge in [0.05, 0.1) is 0 Å². The first-order chi connectivity index (χ1) is 72.9. The Labute approximate surface area is 863 Å². The second kappa shape index (κ2) is 44.7. The van der Waals surface area contributed by atoms with Crippen LogP contribution in [0.3, 0.4) is 0 Å². The molecule has 3 nitrogen and oxygen atoms in total. The summed E-state index contributed by atoms with van der Waals surface area (Å²) in [5.74, 6) is 0. The molecule has 147 heavy (non-hydrogen) atoms. The molecule has 0 bridgehead atoms. The Hall–Kier alpha value is -19.3. The molecule has 0 aliphatic rings. The first-order valence-electron chi connectivity index (χ1n) is 50.3. The van der Waals surface area contributed by atoms with Crippen LogP contribution in [-0.4, -0.2) is 0 Å². The molecule has 0 atom stereocenters. The van der Waals surface area contributed by atoms with E-state index >= 15 is 0 Å². The van der Waals surface area contributed by atoms with E-state index in [2.05, 4.69) is 652 Å². The van der Waals surface area contributed by atoms with Crippen molar-refractivity contribution in [3.8, 4) is 167 Å². The minimum Gasteiger partial charge on any atom is -0.310 e. The Morgan fingerprint density at radius 1 is 0.0680 bits per heavy atom. The van der Waals surface area contributed by atoms with Gasteiger partial charge >= 0.3 is 0 Å². The van der Waals surface area contributed by atoms with Gasteiger partial charge in [-0.05, 0) is 276 Å². The summed E-state index contributed by atoms with van der Waals surface area (Å²) in [4.78, 5) is 7.16. The maximum Gasteiger partial charge on any atom is 0.0468 e. The first-order valence-corrected chi connectivity index (χ1v) is 50.3. The summed E-state index contributed by atoms with van der Waals surface area (Å²) in [5, 5.41) is 0. The summed E-state index contributed by atoms with van der Waals surface area (Å²) in [7, 11) is 0. The van der Waals surface area contributed by atoms with Crippen LogP contribution in [0.4, 0.5) is 51.2 Å². The Balaban J connectivity index is 0.000000126. The molecule has 0 aliphatic heterocycles. The first kappa shape index (κ1) is 92.7. The fraction of sp³-hybridized carbons (Fsp3) is 0. The Morgan fingerprint density at radius 3 is 0.299 bits per heavy atom. The third-order valence-corrected chi connectivity index (χ3v) is 27.3. The van der Waals surface area contributed by atoms with Gasteiger partial charge in [-0.15, -0.1) is 0 Å². The summed E-state index contributed by atoms with van der Waals surface area (Å²) in [6.45, 7) is 0. The van der Waals surface area contributed by atoms with Crippen LogP contribution in [0.25, 0.3) is 167 Å². The molecule has 0 spiro atoms. The monoisotopic (exact) mass is 1880 g/mol. The SMILES string of the molecule is c1ccc(-c2ccc(N(c3ccc(-c4ccccc4)c(-c4ccccc4)c3)c3ccc(-c4ccccc4)c(-c4ccccc4)c3)cc2)cc1.c1ccc(-c2ccc(N(c3ccc(-c4ccccc4)c(-c4ccccc4)c3)c3ccc(-c4ccccc4)c(-c4ccccc4)c3)cc2-c2ccccc2)cc1.c1ccc(-c2ccc(N(c3ccc(-c4ccccc4)cc3)c3ccc(-c4ccccc4)c(-c4ccccc4)c3)cc2)cc1. The number of nitrogens with zero attached hydrogens (tertiary/aromatic N) is 3. The van der Waals surface area contributed by atoms with E-state index in [0.29, 0.717) is 0 Å². The quantitative estimate of drug-likeness (QED) is 0.0597. The van der Waals surface area contributed by atoms with Crippen molar-refractivity contribution in [3.63, 3.8) is 0 Å². The maximum atomic E-state index is 2.42. The maximum absolute atomic E-state index is 2.42. The predicted molar refractivity (Wildman–Crippen MR) is 625 cm³/mol. The minimum absolute atomic E-state index is 1.08. The average Bonchev–Trinajstić information content (AvgIpc) is 0.762. The molecule has 0 amide bonds. The molecule has 0 saturated carbocycles. The van der Waals surface area contributed by atoms with Crippen LogP contribution in [-0.2, 0) is 0 Å². The Morgan fingerprint density at radius 2 is 0.163 bits per heavy atom. The van der Waals surface area contributed by atoms with Crippen molar-refractivity contribution >= 4 is 51.2 Å². The second-order valence-electron chi connectivity index (χ2n) is 36.5. The van der Waals surface area contributed by atoms with Crippen molar-refractivity contribution < 1.29 is 0 Å². The molecule has 0 saturated heterocycles. The smallest absolute Gasteiger partial charge is 0.0468 e. The lowest BCUT2D eigenvalue weighted by Crippen LogP contribution is -2.11. The van der Waals surface area contributed by atoms with Crippen LogP contribution in [0.5, 0.6) is 0 Å². The molecule has 24 aromatic carbocycles. The van der Waals surface area contributed by atoms with E-state index in [-0.39, 0.29) is 0 Å². The topological polar surface area (TPSA) is 9.72 Å². The van der Waals surface area contributed by atoms with Crippen molar-refractivity contribution in [2.45, 2.75) is 0 Å². The summed E-state index contributed by atoms with van der Waals surface area (Å²) >= 11 is 0. The molecule has 0 aliphatic carbocycles. The molecule has 0 fully saturated rings. The molecular weight excluding hydrogens is 1770 g/mol. The van der Waals surface area contributed by atoms with Gasteiger partial charge in [-0.3, -0.25) is 0 Å². The largest absolute Gasteiger partial charge is 0.310 e. The minimum atomic E-state index is 1.08. The highest BCUT2D eigenvalue weighted by Gasteiger charge is 2.25. The highest BCUT2D eigenvalue weighted by atomic mass is 15.2. The van der Waals surface area contributed by atoms with E-state index < -0.39 is 0 Å². The van der Waals surface area contributed by atoms with Gasteiger partial charge in [0.1, 0.15) is 0 Å². The zero-order valence-corrected chi connectivity index (χ0v) is 81.5. The standard InChI is InChI=1S/C54H39N.C48H35N.C42H31N/c1-7-19-40(20-8-1)49-34-31-46(37-52(49)43-25-13-4-14-26-43)55(47-32-35-50(41-21-9-2-10-22-41)53(38-47)44-27-15-5-16-28-44)48-33-36-51(42-23-11-3-12-24-42)54(39-48)45-29-17-6-18-30-45;1-6-16-36(17-7-1)37-26-28-42(29-27-37)49(43-30-32-45(38-18-8-2-9-19-38)47(34-43)40-22-12-4-13-23-40)44-31-33-46(39-20-10-3-11-21-39)48(35-44)41-24-14-5-15-25-41;1-5-13-32(14-6-1)34-21-25-38(26-22-34)43(39-27-23-35(24-28-39)33-15-7-2-8-16-33)40-29-30-41(36-17-9-3-10-18-36)42(31-40)37-19-11-4-12-20-37/h1-39H;1-35H;1-31H. The highest BCUT2D eigenvalue weighted by molar-refractivity contribution is 5.98. The predicted octanol–water partition coefficient (Wildman–Crippen LogP) is 40.5. The van der Waals surface area contributed by atoms with Gasteiger partial charge < -0.3 is 14.7 Å². The number of hydrogen-bond acceptors (Lipinski definition) is 3. The fourth-order valence-corrected chi connectivity index (χ4v) is 20.0. The lowest BCUT2D eigenvalue weighted by molar-refractivity contribution is 1.28. The van der Waals surface area contributed by atoms with Gasteiger partial charge in [0.2, 0.25) is 0 Å². The van der Waals surface area contributed by atoms with Crippen molar-refractivity contribution in [2.75, 3.05) is 14.7 Å². The van der Waals surface area contributed by atoms with Crippen molar-refractivity contribution in [1.82, 2.24) is 0 Å². The zero-order chi connectivity index (χ0) is 98.5. The van der Waals surface area contributed by atoms with Crippen LogP contribution in [0, 0.1) is 0 Å². The average molecular weight is 1880 g/mol. The van der Waals surface area contributed by atoms with Crippen LogP contribution in [0.2, 0.25) is 0 Å². The van der Waals surface area contributed by atoms with Gasteiger partial charge in [-0.1, -0.05) is 528 Å². The summed E-state index contributed by atoms with van der Waals surface area (Å²) in [6.07, 6.45) is 0. The van der Waals surface area contributed by atoms with E-state index in [1.807, 2.05) is 0 Å². The molecule has 24 rings (SSSR count).